The van der Waals surface area contributed by atoms with Crippen LogP contribution in [0.3, 0.4) is 0 Å². The molecule has 0 aliphatic carbocycles. The molecule has 0 bridgehead atoms. The number of hydrogen-bond donors (Lipinski definition) is 2. The van der Waals surface area contributed by atoms with Crippen molar-refractivity contribution in [3.8, 4) is 11.5 Å². The van der Waals surface area contributed by atoms with Crippen molar-refractivity contribution in [2.24, 2.45) is 0 Å². The first-order valence-corrected chi connectivity index (χ1v) is 11.2. The number of benzene rings is 2. The Morgan fingerprint density at radius 3 is 1.34 bits per heavy atom. The van der Waals surface area contributed by atoms with Gasteiger partial charge in [-0.1, -0.05) is 38.1 Å². The van der Waals surface area contributed by atoms with Gasteiger partial charge in [-0.3, -0.25) is 0 Å². The fraction of sp³-hybridized carbons (Fsp3) is 0.333. The van der Waals surface area contributed by atoms with Gasteiger partial charge >= 0.3 is 11.9 Å². The first kappa shape index (κ1) is 27.3. The van der Waals surface area contributed by atoms with E-state index >= 15 is 0 Å². The molecule has 0 spiro atoms. The van der Waals surface area contributed by atoms with Crippen LogP contribution in [-0.4, -0.2) is 48.6 Å². The lowest BCUT2D eigenvalue weighted by atomic mass is 9.78. The largest absolute Gasteiger partial charge is 0.502 e. The summed E-state index contributed by atoms with van der Waals surface area (Å²) in [7, 11) is 0. The highest BCUT2D eigenvalue weighted by molar-refractivity contribution is 5.85. The number of aliphatic hydroxyl groups excluding tert-OH is 2. The van der Waals surface area contributed by atoms with Crippen molar-refractivity contribution in [3.63, 3.8) is 0 Å². The van der Waals surface area contributed by atoms with E-state index in [2.05, 4.69) is 27.0 Å². The van der Waals surface area contributed by atoms with E-state index in [4.69, 9.17) is 29.2 Å². The van der Waals surface area contributed by atoms with Crippen molar-refractivity contribution >= 4 is 11.9 Å². The molecular formula is C27H32O8. The van der Waals surface area contributed by atoms with Gasteiger partial charge in [0.25, 0.3) is 0 Å². The van der Waals surface area contributed by atoms with Gasteiger partial charge in [0.2, 0.25) is 0 Å². The minimum absolute atomic E-state index is 0.135. The summed E-state index contributed by atoms with van der Waals surface area (Å²) in [5.74, 6) is -1.47. The molecule has 0 aliphatic heterocycles. The van der Waals surface area contributed by atoms with Gasteiger partial charge in [0.05, 0.1) is 26.4 Å². The van der Waals surface area contributed by atoms with E-state index in [0.717, 1.165) is 11.1 Å². The number of ether oxygens (including phenoxy) is 4. The summed E-state index contributed by atoms with van der Waals surface area (Å²) >= 11 is 0. The summed E-state index contributed by atoms with van der Waals surface area (Å²) in [6.45, 7) is 11.5. The molecule has 0 saturated heterocycles. The van der Waals surface area contributed by atoms with E-state index < -0.39 is 23.5 Å². The zero-order valence-electron chi connectivity index (χ0n) is 20.1. The van der Waals surface area contributed by atoms with E-state index in [-0.39, 0.29) is 18.6 Å². The molecule has 0 fully saturated rings. The lowest BCUT2D eigenvalue weighted by Gasteiger charge is -2.26. The molecule has 2 N–H and O–H groups in total. The smallest absolute Gasteiger partial charge is 0.372 e. The molecule has 0 heterocycles. The quantitative estimate of drug-likeness (QED) is 0.171. The lowest BCUT2D eigenvalue weighted by molar-refractivity contribution is -0.143. The summed E-state index contributed by atoms with van der Waals surface area (Å²) in [6, 6.07) is 15.6. The summed E-state index contributed by atoms with van der Waals surface area (Å²) < 4.78 is 21.0. The number of aliphatic hydroxyl groups is 2. The summed E-state index contributed by atoms with van der Waals surface area (Å²) in [6.07, 6.45) is 0.981. The maximum atomic E-state index is 11.1. The van der Waals surface area contributed by atoms with Crippen LogP contribution in [0.15, 0.2) is 73.2 Å². The molecule has 0 atom stereocenters. The van der Waals surface area contributed by atoms with Gasteiger partial charge in [0, 0.05) is 18.3 Å². The van der Waals surface area contributed by atoms with Crippen LogP contribution in [0, 0.1) is 0 Å². The number of hydrogen-bond acceptors (Lipinski definition) is 8. The minimum atomic E-state index is -0.829. The third-order valence-corrected chi connectivity index (χ3v) is 5.20. The van der Waals surface area contributed by atoms with E-state index in [0.29, 0.717) is 37.6 Å². The van der Waals surface area contributed by atoms with Gasteiger partial charge in [0.15, 0.2) is 11.5 Å². The van der Waals surface area contributed by atoms with Crippen LogP contribution in [0.25, 0.3) is 0 Å². The van der Waals surface area contributed by atoms with Crippen molar-refractivity contribution in [3.05, 3.63) is 84.3 Å². The van der Waals surface area contributed by atoms with Gasteiger partial charge < -0.3 is 29.2 Å². The molecule has 0 amide bonds. The number of rotatable bonds is 14. The predicted molar refractivity (Wildman–Crippen MR) is 131 cm³/mol. The van der Waals surface area contributed by atoms with Crippen molar-refractivity contribution in [1.82, 2.24) is 0 Å². The fourth-order valence-electron chi connectivity index (χ4n) is 3.10. The molecule has 0 unspecified atom stereocenters. The highest BCUT2D eigenvalue weighted by atomic mass is 16.6. The Kier molecular flexibility index (Phi) is 10.2. The number of carbonyl (C=O) groups excluding carboxylic acids is 2. The van der Waals surface area contributed by atoms with Crippen molar-refractivity contribution < 1.29 is 38.7 Å². The summed E-state index contributed by atoms with van der Waals surface area (Å²) in [5.41, 5.74) is 1.97. The standard InChI is InChI=1S/C27H32O8/c1-19(28)25(30)34-17-5-15-32-23-11-7-21(8-12-23)27(3,4)22-9-13-24(14-10-22)33-16-6-18-35-26(31)20(2)29/h7-14,28-29H,1-2,5-6,15-18H2,3-4H3. The number of carbonyl (C=O) groups is 2. The van der Waals surface area contributed by atoms with Gasteiger partial charge in [-0.15, -0.1) is 0 Å². The van der Waals surface area contributed by atoms with Crippen LogP contribution in [0.4, 0.5) is 0 Å². The predicted octanol–water partition coefficient (Wildman–Crippen LogP) is 4.78. The maximum absolute atomic E-state index is 11.1. The van der Waals surface area contributed by atoms with Crippen LogP contribution in [0.2, 0.25) is 0 Å². The Labute approximate surface area is 205 Å². The normalized spacial score (nSPS) is 10.8. The average Bonchev–Trinajstić information content (AvgIpc) is 2.83. The monoisotopic (exact) mass is 484 g/mol. The Morgan fingerprint density at radius 2 is 1.03 bits per heavy atom. The highest BCUT2D eigenvalue weighted by Crippen LogP contribution is 2.33. The Hall–Kier alpha value is -3.94. The summed E-state index contributed by atoms with van der Waals surface area (Å²) in [4.78, 5) is 22.2. The molecule has 0 aromatic heterocycles. The zero-order valence-corrected chi connectivity index (χ0v) is 20.1. The second-order valence-electron chi connectivity index (χ2n) is 8.24. The molecule has 35 heavy (non-hydrogen) atoms. The molecule has 2 rings (SSSR count). The molecule has 2 aromatic rings. The van der Waals surface area contributed by atoms with Crippen molar-refractivity contribution in [2.45, 2.75) is 32.1 Å². The van der Waals surface area contributed by atoms with Crippen LogP contribution in [0.5, 0.6) is 11.5 Å². The maximum Gasteiger partial charge on any atom is 0.372 e. The van der Waals surface area contributed by atoms with E-state index in [1.54, 1.807) is 0 Å². The molecule has 0 saturated carbocycles. The van der Waals surface area contributed by atoms with Gasteiger partial charge in [-0.2, -0.15) is 0 Å². The Balaban J connectivity index is 1.81. The zero-order chi connectivity index (χ0) is 25.8. The van der Waals surface area contributed by atoms with Crippen molar-refractivity contribution in [2.75, 3.05) is 26.4 Å². The molecular weight excluding hydrogens is 452 g/mol. The summed E-state index contributed by atoms with van der Waals surface area (Å²) in [5, 5.41) is 17.8. The van der Waals surface area contributed by atoms with E-state index in [1.807, 2.05) is 48.5 Å². The van der Waals surface area contributed by atoms with E-state index in [9.17, 15) is 9.59 Å². The molecule has 188 valence electrons. The van der Waals surface area contributed by atoms with Gasteiger partial charge in [0.1, 0.15) is 11.5 Å². The topological polar surface area (TPSA) is 112 Å². The van der Waals surface area contributed by atoms with Crippen LogP contribution >= 0.6 is 0 Å². The molecule has 0 aliphatic rings. The lowest BCUT2D eigenvalue weighted by Crippen LogP contribution is -2.18. The SMILES string of the molecule is C=C(O)C(=O)OCCCOc1ccc(C(C)(C)c2ccc(OCCCOC(=O)C(=C)O)cc2)cc1. The van der Waals surface area contributed by atoms with Gasteiger partial charge in [-0.25, -0.2) is 9.59 Å². The molecule has 2 aromatic carbocycles. The fourth-order valence-corrected chi connectivity index (χ4v) is 3.10. The Morgan fingerprint density at radius 1 is 0.686 bits per heavy atom. The third-order valence-electron chi connectivity index (χ3n) is 5.20. The molecule has 8 heteroatoms. The second kappa shape index (κ2) is 13.1. The van der Waals surface area contributed by atoms with Crippen LogP contribution < -0.4 is 9.47 Å². The van der Waals surface area contributed by atoms with Gasteiger partial charge in [-0.05, 0) is 48.6 Å². The third kappa shape index (κ3) is 8.73. The number of esters is 2. The second-order valence-corrected chi connectivity index (χ2v) is 8.24. The first-order valence-electron chi connectivity index (χ1n) is 11.2. The average molecular weight is 485 g/mol. The van der Waals surface area contributed by atoms with Crippen LogP contribution in [-0.2, 0) is 24.5 Å². The Bertz CT molecular complexity index is 925. The van der Waals surface area contributed by atoms with Crippen molar-refractivity contribution in [1.29, 1.82) is 0 Å². The van der Waals surface area contributed by atoms with E-state index in [1.165, 1.54) is 0 Å². The highest BCUT2D eigenvalue weighted by Gasteiger charge is 2.23. The minimum Gasteiger partial charge on any atom is -0.502 e. The molecule has 0 radical (unpaired) electrons. The first-order chi connectivity index (χ1) is 16.6. The molecule has 8 nitrogen and oxygen atoms in total. The van der Waals surface area contributed by atoms with Crippen LogP contribution in [0.1, 0.15) is 37.8 Å².